The van der Waals surface area contributed by atoms with Crippen LogP contribution in [0.3, 0.4) is 0 Å². The molecule has 0 radical (unpaired) electrons. The van der Waals surface area contributed by atoms with Crippen LogP contribution in [0.2, 0.25) is 0 Å². The number of aryl methyl sites for hydroxylation is 1. The van der Waals surface area contributed by atoms with Gasteiger partial charge in [-0.2, -0.15) is 0 Å². The summed E-state index contributed by atoms with van der Waals surface area (Å²) in [6.07, 6.45) is 4.42. The molecular formula is C19H26BrNO2. The van der Waals surface area contributed by atoms with E-state index >= 15 is 0 Å². The third-order valence-corrected chi connectivity index (χ3v) is 5.79. The first-order valence-electron chi connectivity index (χ1n) is 8.65. The van der Waals surface area contributed by atoms with Gasteiger partial charge in [-0.1, -0.05) is 36.7 Å². The molecule has 0 bridgehead atoms. The van der Waals surface area contributed by atoms with E-state index in [1.165, 1.54) is 0 Å². The minimum Gasteiger partial charge on any atom is -0.312 e. The van der Waals surface area contributed by atoms with Gasteiger partial charge in [-0.05, 0) is 55.9 Å². The number of halogens is 1. The lowest BCUT2D eigenvalue weighted by atomic mass is 9.94. The minimum atomic E-state index is -0.133. The maximum absolute atomic E-state index is 12.7. The van der Waals surface area contributed by atoms with E-state index in [4.69, 9.17) is 0 Å². The first-order chi connectivity index (χ1) is 11.0. The van der Waals surface area contributed by atoms with E-state index in [1.54, 1.807) is 0 Å². The van der Waals surface area contributed by atoms with Crippen LogP contribution >= 0.6 is 15.9 Å². The second-order valence-corrected chi connectivity index (χ2v) is 7.30. The van der Waals surface area contributed by atoms with Crippen LogP contribution in [0, 0.1) is 5.92 Å². The second kappa shape index (κ2) is 8.09. The van der Waals surface area contributed by atoms with E-state index < -0.39 is 0 Å². The molecule has 126 valence electrons. The normalized spacial score (nSPS) is 15.4. The zero-order valence-corrected chi connectivity index (χ0v) is 15.9. The van der Waals surface area contributed by atoms with Crippen LogP contribution in [0.4, 0.5) is 5.69 Å². The Morgan fingerprint density at radius 3 is 2.48 bits per heavy atom. The van der Waals surface area contributed by atoms with Gasteiger partial charge < -0.3 is 4.90 Å². The smallest absolute Gasteiger partial charge is 0.230 e. The molecule has 0 fully saturated rings. The van der Waals surface area contributed by atoms with E-state index in [1.807, 2.05) is 30.0 Å². The van der Waals surface area contributed by atoms with Crippen LogP contribution in [-0.4, -0.2) is 23.1 Å². The molecule has 1 aliphatic heterocycles. The molecule has 1 unspecified atom stereocenters. The summed E-state index contributed by atoms with van der Waals surface area (Å²) in [6.45, 7) is 6.91. The number of anilines is 1. The number of carbonyl (C=O) groups excluding carboxylic acids is 2. The third-order valence-electron chi connectivity index (χ3n) is 4.73. The maximum Gasteiger partial charge on any atom is 0.230 e. The van der Waals surface area contributed by atoms with Gasteiger partial charge in [0.1, 0.15) is 0 Å². The Kier molecular flexibility index (Phi) is 6.40. The number of benzene rings is 1. The summed E-state index contributed by atoms with van der Waals surface area (Å²) in [7, 11) is 0. The molecule has 0 spiro atoms. The van der Waals surface area contributed by atoms with Crippen LogP contribution in [-0.2, 0) is 11.2 Å². The van der Waals surface area contributed by atoms with Gasteiger partial charge in [0.05, 0.1) is 4.83 Å². The number of nitrogens with zero attached hydrogens (tertiary/aromatic N) is 1. The lowest BCUT2D eigenvalue weighted by molar-refractivity contribution is -0.122. The highest BCUT2D eigenvalue weighted by Gasteiger charge is 2.27. The second-order valence-electron chi connectivity index (χ2n) is 6.19. The zero-order valence-electron chi connectivity index (χ0n) is 14.3. The molecule has 0 aliphatic carbocycles. The van der Waals surface area contributed by atoms with Gasteiger partial charge in [-0.3, -0.25) is 9.59 Å². The zero-order chi connectivity index (χ0) is 17.0. The quantitative estimate of drug-likeness (QED) is 0.527. The highest BCUT2D eigenvalue weighted by atomic mass is 79.9. The number of hydrogen-bond acceptors (Lipinski definition) is 2. The van der Waals surface area contributed by atoms with E-state index in [-0.39, 0.29) is 22.4 Å². The van der Waals surface area contributed by atoms with Gasteiger partial charge in [0.2, 0.25) is 5.91 Å². The summed E-state index contributed by atoms with van der Waals surface area (Å²) >= 11 is 3.43. The van der Waals surface area contributed by atoms with Gasteiger partial charge in [0.25, 0.3) is 0 Å². The van der Waals surface area contributed by atoms with E-state index in [0.717, 1.165) is 55.5 Å². The van der Waals surface area contributed by atoms with E-state index in [0.29, 0.717) is 0 Å². The Morgan fingerprint density at radius 1 is 1.17 bits per heavy atom. The molecule has 1 aromatic carbocycles. The summed E-state index contributed by atoms with van der Waals surface area (Å²) in [5.74, 6) is 0.440. The Morgan fingerprint density at radius 2 is 1.87 bits per heavy atom. The van der Waals surface area contributed by atoms with Crippen molar-refractivity contribution in [2.45, 2.75) is 57.7 Å². The van der Waals surface area contributed by atoms with Crippen molar-refractivity contribution in [3.05, 3.63) is 29.3 Å². The Hall–Kier alpha value is -1.16. The molecule has 0 saturated heterocycles. The van der Waals surface area contributed by atoms with Gasteiger partial charge in [0.15, 0.2) is 5.78 Å². The monoisotopic (exact) mass is 379 g/mol. The number of Topliss-reactive ketones (excluding diaryl/α,β-unsaturated/α-hetero) is 1. The van der Waals surface area contributed by atoms with Crippen molar-refractivity contribution >= 4 is 33.3 Å². The lowest BCUT2D eigenvalue weighted by Gasteiger charge is -2.32. The van der Waals surface area contributed by atoms with Crippen molar-refractivity contribution in [2.24, 2.45) is 5.92 Å². The molecule has 2 rings (SSSR count). The van der Waals surface area contributed by atoms with Gasteiger partial charge in [-0.25, -0.2) is 0 Å². The van der Waals surface area contributed by atoms with Crippen LogP contribution in [0.25, 0.3) is 0 Å². The number of amides is 1. The molecule has 1 amide bonds. The fraction of sp³-hybridized carbons (Fsp3) is 0.579. The topological polar surface area (TPSA) is 37.4 Å². The Bertz CT molecular complexity index is 581. The van der Waals surface area contributed by atoms with Crippen molar-refractivity contribution in [3.63, 3.8) is 0 Å². The maximum atomic E-state index is 12.7. The first kappa shape index (κ1) is 18.2. The van der Waals surface area contributed by atoms with Crippen LogP contribution in [0.1, 0.15) is 62.4 Å². The molecule has 1 aromatic rings. The van der Waals surface area contributed by atoms with Crippen LogP contribution < -0.4 is 4.90 Å². The molecule has 0 aromatic heterocycles. The molecule has 1 heterocycles. The summed E-state index contributed by atoms with van der Waals surface area (Å²) in [5.41, 5.74) is 2.86. The van der Waals surface area contributed by atoms with Crippen molar-refractivity contribution in [1.82, 2.24) is 0 Å². The summed E-state index contributed by atoms with van der Waals surface area (Å²) in [4.78, 5) is 26.9. The van der Waals surface area contributed by atoms with Gasteiger partial charge >= 0.3 is 0 Å². The summed E-state index contributed by atoms with van der Waals surface area (Å²) in [5, 5.41) is 0. The molecule has 4 heteroatoms. The van der Waals surface area contributed by atoms with Crippen LogP contribution in [0.15, 0.2) is 18.2 Å². The fourth-order valence-electron chi connectivity index (χ4n) is 3.20. The van der Waals surface area contributed by atoms with E-state index in [2.05, 4.69) is 29.8 Å². The fourth-order valence-corrected chi connectivity index (χ4v) is 3.47. The van der Waals surface area contributed by atoms with Gasteiger partial charge in [-0.15, -0.1) is 0 Å². The number of rotatable bonds is 6. The van der Waals surface area contributed by atoms with E-state index in [9.17, 15) is 9.59 Å². The first-order valence-corrected chi connectivity index (χ1v) is 9.57. The largest absolute Gasteiger partial charge is 0.312 e. The molecular weight excluding hydrogens is 354 g/mol. The standard InChI is InChI=1S/C19H26BrNO2/c1-4-13(5-2)19(23)21-11-7-8-14-12-15(9-10-17(14)21)18(22)16(20)6-3/h9-10,12-13,16H,4-8,11H2,1-3H3. The molecule has 0 N–H and O–H groups in total. The Labute approximate surface area is 147 Å². The predicted molar refractivity (Wildman–Crippen MR) is 98.5 cm³/mol. The van der Waals surface area contributed by atoms with Crippen molar-refractivity contribution < 1.29 is 9.59 Å². The Balaban J connectivity index is 2.30. The average molecular weight is 380 g/mol. The number of fused-ring (bicyclic) bond motifs is 1. The molecule has 0 saturated carbocycles. The number of alkyl halides is 1. The predicted octanol–water partition coefficient (Wildman–Crippen LogP) is 4.76. The number of ketones is 1. The molecule has 1 aliphatic rings. The van der Waals surface area contributed by atoms with Crippen LogP contribution in [0.5, 0.6) is 0 Å². The SMILES string of the molecule is CCC(Br)C(=O)c1ccc2c(c1)CCCN2C(=O)C(CC)CC. The van der Waals surface area contributed by atoms with Crippen molar-refractivity contribution in [1.29, 1.82) is 0 Å². The lowest BCUT2D eigenvalue weighted by Crippen LogP contribution is -2.39. The number of hydrogen-bond donors (Lipinski definition) is 0. The number of carbonyl (C=O) groups is 2. The average Bonchev–Trinajstić information content (AvgIpc) is 2.60. The third kappa shape index (κ3) is 3.85. The highest BCUT2D eigenvalue weighted by Crippen LogP contribution is 2.31. The molecule has 23 heavy (non-hydrogen) atoms. The van der Waals surface area contributed by atoms with Gasteiger partial charge in [0, 0.05) is 23.7 Å². The summed E-state index contributed by atoms with van der Waals surface area (Å²) < 4.78 is 0. The minimum absolute atomic E-state index is 0.0919. The molecule has 1 atom stereocenters. The van der Waals surface area contributed by atoms with Crippen molar-refractivity contribution in [3.8, 4) is 0 Å². The molecule has 3 nitrogen and oxygen atoms in total. The summed E-state index contributed by atoms with van der Waals surface area (Å²) in [6, 6.07) is 5.80. The van der Waals surface area contributed by atoms with Crippen molar-refractivity contribution in [2.75, 3.05) is 11.4 Å². The highest BCUT2D eigenvalue weighted by molar-refractivity contribution is 9.10.